The lowest BCUT2D eigenvalue weighted by Gasteiger charge is -2.08. The third kappa shape index (κ3) is 4.73. The lowest BCUT2D eigenvalue weighted by atomic mass is 10.4. The van der Waals surface area contributed by atoms with Gasteiger partial charge in [0.1, 0.15) is 10.6 Å². The lowest BCUT2D eigenvalue weighted by Crippen LogP contribution is -2.30. The molecule has 20 heavy (non-hydrogen) atoms. The van der Waals surface area contributed by atoms with E-state index < -0.39 is 27.9 Å². The van der Waals surface area contributed by atoms with Gasteiger partial charge in [0.15, 0.2) is 0 Å². The van der Waals surface area contributed by atoms with Gasteiger partial charge in [-0.15, -0.1) is 0 Å². The topological polar surface area (TPSA) is 77.4 Å². The number of ether oxygens (including phenoxy) is 1. The number of rotatable bonds is 7. The van der Waals surface area contributed by atoms with Crippen molar-refractivity contribution in [1.29, 1.82) is 0 Å². The van der Waals surface area contributed by atoms with Gasteiger partial charge in [-0.25, -0.2) is 17.2 Å². The molecule has 1 rings (SSSR count). The molecule has 1 N–H and O–H groups in total. The Morgan fingerprint density at radius 1 is 1.55 bits per heavy atom. The van der Waals surface area contributed by atoms with Crippen LogP contribution in [0.5, 0.6) is 0 Å². The Morgan fingerprint density at radius 3 is 2.70 bits per heavy atom. The summed E-state index contributed by atoms with van der Waals surface area (Å²) < 4.78 is 52.7. The summed E-state index contributed by atoms with van der Waals surface area (Å²) in [5.74, 6) is -0.812. The number of hydrogen-bond acceptors (Lipinski definition) is 4. The van der Waals surface area contributed by atoms with Crippen LogP contribution >= 0.6 is 10.7 Å². The van der Waals surface area contributed by atoms with Crippen molar-refractivity contribution >= 4 is 25.6 Å². The summed E-state index contributed by atoms with van der Waals surface area (Å²) >= 11 is 0. The summed E-state index contributed by atoms with van der Waals surface area (Å²) in [5, 5.41) is 1.99. The Morgan fingerprint density at radius 2 is 2.20 bits per heavy atom. The molecule has 1 aromatic rings. The Bertz CT molecular complexity index is 574. The fraction of sp³-hybridized carbons (Fsp3) is 0.500. The van der Waals surface area contributed by atoms with E-state index >= 15 is 0 Å². The zero-order chi connectivity index (χ0) is 15.3. The standard InChI is InChI=1S/C10H13ClF2N2O4S/c1-19-3-2-15-6-7(20(11,17)18)4-8(15)10(16)14-5-9(12)13/h4,6,9H,2-3,5H2,1H3,(H,14,16). The molecular weight excluding hydrogens is 318 g/mol. The number of carbonyl (C=O) groups excluding carboxylic acids is 1. The zero-order valence-electron chi connectivity index (χ0n) is 10.5. The first-order chi connectivity index (χ1) is 9.25. The number of nitrogens with zero attached hydrogens (tertiary/aromatic N) is 1. The van der Waals surface area contributed by atoms with Crippen LogP contribution in [0.1, 0.15) is 10.5 Å². The van der Waals surface area contributed by atoms with Crippen LogP contribution in [0.4, 0.5) is 8.78 Å². The SMILES string of the molecule is COCCn1cc(S(=O)(=O)Cl)cc1C(=O)NCC(F)F. The molecule has 0 radical (unpaired) electrons. The van der Waals surface area contributed by atoms with Crippen molar-refractivity contribution in [3.63, 3.8) is 0 Å². The number of hydrogen-bond donors (Lipinski definition) is 1. The van der Waals surface area contributed by atoms with Gasteiger partial charge in [0.05, 0.1) is 13.2 Å². The molecule has 0 saturated heterocycles. The molecule has 6 nitrogen and oxygen atoms in total. The van der Waals surface area contributed by atoms with E-state index in [4.69, 9.17) is 15.4 Å². The Hall–Kier alpha value is -1.19. The quantitative estimate of drug-likeness (QED) is 0.758. The van der Waals surface area contributed by atoms with Crippen LogP contribution < -0.4 is 5.32 Å². The molecule has 1 aromatic heterocycles. The van der Waals surface area contributed by atoms with Crippen LogP contribution in [0.25, 0.3) is 0 Å². The monoisotopic (exact) mass is 330 g/mol. The third-order valence-corrected chi connectivity index (χ3v) is 3.66. The molecular formula is C10H13ClF2N2O4S. The van der Waals surface area contributed by atoms with Gasteiger partial charge in [0, 0.05) is 30.5 Å². The highest BCUT2D eigenvalue weighted by Crippen LogP contribution is 2.18. The molecule has 0 aliphatic heterocycles. The van der Waals surface area contributed by atoms with E-state index in [0.29, 0.717) is 0 Å². The van der Waals surface area contributed by atoms with Gasteiger partial charge >= 0.3 is 0 Å². The van der Waals surface area contributed by atoms with E-state index in [1.54, 1.807) is 0 Å². The van der Waals surface area contributed by atoms with Crippen molar-refractivity contribution in [3.05, 3.63) is 18.0 Å². The van der Waals surface area contributed by atoms with Crippen molar-refractivity contribution in [2.75, 3.05) is 20.3 Å². The number of amides is 1. The van der Waals surface area contributed by atoms with Gasteiger partial charge in [0.2, 0.25) is 0 Å². The van der Waals surface area contributed by atoms with Crippen molar-refractivity contribution in [1.82, 2.24) is 9.88 Å². The normalized spacial score (nSPS) is 11.8. The van der Waals surface area contributed by atoms with E-state index in [1.165, 1.54) is 11.7 Å². The Kier molecular flexibility index (Phi) is 5.90. The summed E-state index contributed by atoms with van der Waals surface area (Å²) in [6.45, 7) is -0.427. The number of halogens is 3. The summed E-state index contributed by atoms with van der Waals surface area (Å²) in [6, 6.07) is 1.03. The maximum Gasteiger partial charge on any atom is 0.268 e. The lowest BCUT2D eigenvalue weighted by molar-refractivity contribution is 0.0880. The minimum atomic E-state index is -4.01. The molecule has 0 aliphatic rings. The largest absolute Gasteiger partial charge is 0.383 e. The molecule has 0 atom stereocenters. The van der Waals surface area contributed by atoms with Crippen LogP contribution in [0.15, 0.2) is 17.2 Å². The van der Waals surface area contributed by atoms with E-state index in [-0.39, 0.29) is 23.7 Å². The van der Waals surface area contributed by atoms with Crippen molar-refractivity contribution in [2.45, 2.75) is 17.9 Å². The van der Waals surface area contributed by atoms with Crippen molar-refractivity contribution in [2.24, 2.45) is 0 Å². The number of alkyl halides is 2. The molecule has 1 amide bonds. The Labute approximate surface area is 119 Å². The highest BCUT2D eigenvalue weighted by atomic mass is 35.7. The van der Waals surface area contributed by atoms with Gasteiger partial charge < -0.3 is 14.6 Å². The van der Waals surface area contributed by atoms with Crippen LogP contribution in [-0.4, -0.2) is 45.6 Å². The smallest absolute Gasteiger partial charge is 0.268 e. The Balaban J connectivity index is 3.02. The number of aromatic nitrogens is 1. The van der Waals surface area contributed by atoms with Gasteiger partial charge in [0.25, 0.3) is 21.4 Å². The fourth-order valence-corrected chi connectivity index (χ4v) is 2.20. The van der Waals surface area contributed by atoms with Crippen LogP contribution in [0.2, 0.25) is 0 Å². The molecule has 0 aromatic carbocycles. The minimum absolute atomic E-state index is 0.0816. The minimum Gasteiger partial charge on any atom is -0.383 e. The second kappa shape index (κ2) is 7.00. The van der Waals surface area contributed by atoms with Gasteiger partial charge in [-0.2, -0.15) is 0 Å². The molecule has 114 valence electrons. The summed E-state index contributed by atoms with van der Waals surface area (Å²) in [4.78, 5) is 11.4. The van der Waals surface area contributed by atoms with E-state index in [0.717, 1.165) is 12.3 Å². The molecule has 0 unspecified atom stereocenters. The summed E-state index contributed by atoms with van der Waals surface area (Å²) in [5.41, 5.74) is -0.0816. The highest BCUT2D eigenvalue weighted by Gasteiger charge is 2.20. The van der Waals surface area contributed by atoms with Gasteiger partial charge in [-0.1, -0.05) is 0 Å². The van der Waals surface area contributed by atoms with Crippen LogP contribution in [-0.2, 0) is 20.3 Å². The molecule has 0 spiro atoms. The van der Waals surface area contributed by atoms with E-state index in [2.05, 4.69) is 0 Å². The van der Waals surface area contributed by atoms with Crippen molar-refractivity contribution in [3.8, 4) is 0 Å². The fourth-order valence-electron chi connectivity index (χ4n) is 1.44. The van der Waals surface area contributed by atoms with Crippen molar-refractivity contribution < 1.29 is 26.7 Å². The average molecular weight is 331 g/mol. The van der Waals surface area contributed by atoms with Crippen LogP contribution in [0, 0.1) is 0 Å². The average Bonchev–Trinajstić information content (AvgIpc) is 2.77. The van der Waals surface area contributed by atoms with E-state index in [1.807, 2.05) is 5.32 Å². The maximum absolute atomic E-state index is 12.1. The summed E-state index contributed by atoms with van der Waals surface area (Å²) in [6.07, 6.45) is -1.55. The van der Waals surface area contributed by atoms with Gasteiger partial charge in [-0.05, 0) is 6.07 Å². The number of nitrogens with one attached hydrogen (secondary N) is 1. The molecule has 0 bridgehead atoms. The number of methoxy groups -OCH3 is 1. The molecule has 0 saturated carbocycles. The number of carbonyl (C=O) groups is 1. The third-order valence-electron chi connectivity index (χ3n) is 2.34. The van der Waals surface area contributed by atoms with Gasteiger partial charge in [-0.3, -0.25) is 4.79 Å². The first kappa shape index (κ1) is 16.9. The highest BCUT2D eigenvalue weighted by molar-refractivity contribution is 8.13. The molecule has 0 fully saturated rings. The predicted molar refractivity (Wildman–Crippen MR) is 67.7 cm³/mol. The summed E-state index contributed by atoms with van der Waals surface area (Å²) in [7, 11) is 2.60. The zero-order valence-corrected chi connectivity index (χ0v) is 12.0. The first-order valence-corrected chi connectivity index (χ1v) is 7.76. The predicted octanol–water partition coefficient (Wildman–Crippen LogP) is 1.06. The molecule has 1 heterocycles. The van der Waals surface area contributed by atoms with Crippen LogP contribution in [0.3, 0.4) is 0 Å². The molecule has 0 aliphatic carbocycles. The maximum atomic E-state index is 12.1. The second-order valence-electron chi connectivity index (χ2n) is 3.79. The van der Waals surface area contributed by atoms with E-state index in [9.17, 15) is 22.0 Å². The first-order valence-electron chi connectivity index (χ1n) is 5.46. The second-order valence-corrected chi connectivity index (χ2v) is 6.35. The molecule has 10 heteroatoms.